The topological polar surface area (TPSA) is 60.9 Å². The fourth-order valence-electron chi connectivity index (χ4n) is 2.47. The second kappa shape index (κ2) is 6.59. The molecule has 0 aromatic carbocycles. The third-order valence-corrected chi connectivity index (χ3v) is 3.60. The molecular formula is C14H24N2O3. The molecular weight excluding hydrogens is 244 g/mol. The first kappa shape index (κ1) is 15.5. The lowest BCUT2D eigenvalue weighted by Gasteiger charge is -2.39. The summed E-state index contributed by atoms with van der Waals surface area (Å²) in [7, 11) is 0. The molecule has 1 atom stereocenters. The van der Waals surface area contributed by atoms with E-state index in [0.29, 0.717) is 32.6 Å². The molecule has 1 aliphatic heterocycles. The summed E-state index contributed by atoms with van der Waals surface area (Å²) in [6.45, 7) is 9.50. The molecule has 5 nitrogen and oxygen atoms in total. The molecule has 1 unspecified atom stereocenters. The zero-order chi connectivity index (χ0) is 14.5. The Morgan fingerprint density at radius 2 is 2.21 bits per heavy atom. The number of hydrogen-bond acceptors (Lipinski definition) is 2. The summed E-state index contributed by atoms with van der Waals surface area (Å²) in [5.74, 6) is -0.823. The van der Waals surface area contributed by atoms with Crippen LogP contribution in [-0.4, -0.2) is 53.1 Å². The zero-order valence-electron chi connectivity index (χ0n) is 11.9. The third kappa shape index (κ3) is 3.72. The molecule has 1 aliphatic rings. The Hall–Kier alpha value is -1.52. The molecule has 0 aromatic rings. The van der Waals surface area contributed by atoms with Gasteiger partial charge in [-0.05, 0) is 26.2 Å². The van der Waals surface area contributed by atoms with Gasteiger partial charge in [-0.15, -0.1) is 6.58 Å². The highest BCUT2D eigenvalue weighted by atomic mass is 16.4. The summed E-state index contributed by atoms with van der Waals surface area (Å²) in [4.78, 5) is 27.1. The van der Waals surface area contributed by atoms with Gasteiger partial charge in [0.25, 0.3) is 0 Å². The summed E-state index contributed by atoms with van der Waals surface area (Å²) in [5.41, 5.74) is -0.819. The number of nitrogens with zero attached hydrogens (tertiary/aromatic N) is 2. The summed E-state index contributed by atoms with van der Waals surface area (Å²) in [6.07, 6.45) is 3.95. The number of carboxylic acid groups (broad SMARTS) is 1. The predicted octanol–water partition coefficient (Wildman–Crippen LogP) is 2.19. The van der Waals surface area contributed by atoms with Crippen LogP contribution in [0.1, 0.15) is 33.1 Å². The number of carboxylic acids is 1. The van der Waals surface area contributed by atoms with Gasteiger partial charge in [0, 0.05) is 26.2 Å². The van der Waals surface area contributed by atoms with E-state index in [1.54, 1.807) is 22.8 Å². The van der Waals surface area contributed by atoms with Gasteiger partial charge in [0.05, 0.1) is 5.41 Å². The fraction of sp³-hybridized carbons (Fsp3) is 0.714. The molecule has 1 heterocycles. The Bertz CT molecular complexity index is 357. The van der Waals surface area contributed by atoms with E-state index in [-0.39, 0.29) is 6.03 Å². The van der Waals surface area contributed by atoms with Crippen molar-refractivity contribution in [1.29, 1.82) is 0 Å². The molecule has 0 aromatic heterocycles. The fourth-order valence-corrected chi connectivity index (χ4v) is 2.47. The van der Waals surface area contributed by atoms with Crippen molar-refractivity contribution >= 4 is 12.0 Å². The lowest BCUT2D eigenvalue weighted by atomic mass is 9.82. The van der Waals surface area contributed by atoms with Crippen LogP contribution in [0.2, 0.25) is 0 Å². The van der Waals surface area contributed by atoms with Crippen molar-refractivity contribution in [2.75, 3.05) is 26.2 Å². The van der Waals surface area contributed by atoms with Gasteiger partial charge in [-0.2, -0.15) is 0 Å². The largest absolute Gasteiger partial charge is 0.481 e. The Morgan fingerprint density at radius 3 is 2.74 bits per heavy atom. The third-order valence-electron chi connectivity index (χ3n) is 3.60. The quantitative estimate of drug-likeness (QED) is 0.777. The van der Waals surface area contributed by atoms with Crippen molar-refractivity contribution in [3.8, 4) is 0 Å². The van der Waals surface area contributed by atoms with Crippen LogP contribution in [0, 0.1) is 5.41 Å². The van der Waals surface area contributed by atoms with Gasteiger partial charge in [-0.3, -0.25) is 4.79 Å². The summed E-state index contributed by atoms with van der Waals surface area (Å²) < 4.78 is 0. The molecule has 1 saturated heterocycles. The molecule has 0 aliphatic carbocycles. The first-order valence-electron chi connectivity index (χ1n) is 6.82. The molecule has 0 spiro atoms. The maximum atomic E-state index is 12.4. The molecule has 1 N–H and O–H groups in total. The number of likely N-dealkylation sites (tertiary alicyclic amines) is 1. The Labute approximate surface area is 114 Å². The molecule has 0 bridgehead atoms. The second-order valence-corrected chi connectivity index (χ2v) is 5.41. The molecule has 1 rings (SSSR count). The average Bonchev–Trinajstić information content (AvgIpc) is 2.37. The van der Waals surface area contributed by atoms with Gasteiger partial charge in [0.2, 0.25) is 0 Å². The van der Waals surface area contributed by atoms with Crippen LogP contribution in [0.5, 0.6) is 0 Å². The maximum absolute atomic E-state index is 12.4. The first-order valence-corrected chi connectivity index (χ1v) is 6.82. The van der Waals surface area contributed by atoms with Gasteiger partial charge in [0.15, 0.2) is 0 Å². The van der Waals surface area contributed by atoms with Crippen molar-refractivity contribution in [2.24, 2.45) is 5.41 Å². The number of amides is 2. The van der Waals surface area contributed by atoms with Gasteiger partial charge in [0.1, 0.15) is 0 Å². The SMILES string of the molecule is C=CCN(CCC)C(=O)N1CCCC(C)(C(=O)O)C1. The number of aliphatic carboxylic acids is 1. The van der Waals surface area contributed by atoms with Gasteiger partial charge in [-0.1, -0.05) is 13.0 Å². The van der Waals surface area contributed by atoms with Gasteiger partial charge < -0.3 is 14.9 Å². The average molecular weight is 268 g/mol. The highest BCUT2D eigenvalue weighted by Gasteiger charge is 2.40. The minimum atomic E-state index is -0.823. The van der Waals surface area contributed by atoms with Crippen LogP contribution >= 0.6 is 0 Å². The molecule has 1 fully saturated rings. The van der Waals surface area contributed by atoms with E-state index in [0.717, 1.165) is 12.8 Å². The molecule has 108 valence electrons. The summed E-state index contributed by atoms with van der Waals surface area (Å²) in [5, 5.41) is 9.27. The maximum Gasteiger partial charge on any atom is 0.320 e. The monoisotopic (exact) mass is 268 g/mol. The zero-order valence-corrected chi connectivity index (χ0v) is 11.9. The van der Waals surface area contributed by atoms with Crippen molar-refractivity contribution in [3.63, 3.8) is 0 Å². The molecule has 5 heteroatoms. The highest BCUT2D eigenvalue weighted by molar-refractivity contribution is 5.78. The number of hydrogen-bond donors (Lipinski definition) is 1. The summed E-state index contributed by atoms with van der Waals surface area (Å²) in [6, 6.07) is -0.0751. The van der Waals surface area contributed by atoms with E-state index >= 15 is 0 Å². The van der Waals surface area contributed by atoms with E-state index in [4.69, 9.17) is 0 Å². The second-order valence-electron chi connectivity index (χ2n) is 5.41. The van der Waals surface area contributed by atoms with Crippen LogP contribution in [0.15, 0.2) is 12.7 Å². The standard InChI is InChI=1S/C14H24N2O3/c1-4-8-15(9-5-2)13(19)16-10-6-7-14(3,11-16)12(17)18/h4H,1,5-11H2,2-3H3,(H,17,18). The first-order chi connectivity index (χ1) is 8.94. The summed E-state index contributed by atoms with van der Waals surface area (Å²) >= 11 is 0. The van der Waals surface area contributed by atoms with Crippen LogP contribution in [0.25, 0.3) is 0 Å². The van der Waals surface area contributed by atoms with Crippen molar-refractivity contribution in [1.82, 2.24) is 9.80 Å². The Morgan fingerprint density at radius 1 is 1.53 bits per heavy atom. The number of piperidine rings is 1. The number of carbonyl (C=O) groups excluding carboxylic acids is 1. The molecule has 0 radical (unpaired) electrons. The number of carbonyl (C=O) groups is 2. The smallest absolute Gasteiger partial charge is 0.320 e. The van der Waals surface area contributed by atoms with Crippen molar-refractivity contribution in [2.45, 2.75) is 33.1 Å². The number of rotatable bonds is 5. The van der Waals surface area contributed by atoms with Gasteiger partial charge >= 0.3 is 12.0 Å². The van der Waals surface area contributed by atoms with E-state index < -0.39 is 11.4 Å². The van der Waals surface area contributed by atoms with E-state index in [1.807, 2.05) is 6.92 Å². The minimum Gasteiger partial charge on any atom is -0.481 e. The van der Waals surface area contributed by atoms with Crippen LogP contribution in [0.4, 0.5) is 4.79 Å². The lowest BCUT2D eigenvalue weighted by Crippen LogP contribution is -2.52. The van der Waals surface area contributed by atoms with Gasteiger partial charge in [-0.25, -0.2) is 4.79 Å². The van der Waals surface area contributed by atoms with Crippen molar-refractivity contribution in [3.05, 3.63) is 12.7 Å². The van der Waals surface area contributed by atoms with Crippen LogP contribution < -0.4 is 0 Å². The van der Waals surface area contributed by atoms with E-state index in [1.165, 1.54) is 0 Å². The minimum absolute atomic E-state index is 0.0751. The normalized spacial score (nSPS) is 22.9. The number of urea groups is 1. The van der Waals surface area contributed by atoms with E-state index in [9.17, 15) is 14.7 Å². The molecule has 19 heavy (non-hydrogen) atoms. The molecule has 0 saturated carbocycles. The molecule has 2 amide bonds. The van der Waals surface area contributed by atoms with Crippen molar-refractivity contribution < 1.29 is 14.7 Å². The Balaban J connectivity index is 2.75. The van der Waals surface area contributed by atoms with Crippen LogP contribution in [-0.2, 0) is 4.79 Å². The van der Waals surface area contributed by atoms with Crippen LogP contribution in [0.3, 0.4) is 0 Å². The highest BCUT2D eigenvalue weighted by Crippen LogP contribution is 2.30. The van der Waals surface area contributed by atoms with E-state index in [2.05, 4.69) is 6.58 Å². The Kier molecular flexibility index (Phi) is 5.39. The lowest BCUT2D eigenvalue weighted by molar-refractivity contribution is -0.150. The predicted molar refractivity (Wildman–Crippen MR) is 74.0 cm³/mol.